The summed E-state index contributed by atoms with van der Waals surface area (Å²) in [5.41, 5.74) is 1.87. The lowest BCUT2D eigenvalue weighted by Crippen LogP contribution is -2.20. The van der Waals surface area contributed by atoms with Gasteiger partial charge in [-0.1, -0.05) is 30.3 Å². The average molecular weight is 252 g/mol. The van der Waals surface area contributed by atoms with Crippen LogP contribution in [0.2, 0.25) is 0 Å². The highest BCUT2D eigenvalue weighted by molar-refractivity contribution is 5.80. The minimum Gasteiger partial charge on any atom is -0.505 e. The van der Waals surface area contributed by atoms with Crippen LogP contribution in [0.25, 0.3) is 11.0 Å². The fraction of sp³-hybridized carbons (Fsp3) is 0.0667. The molecule has 3 rings (SSSR count). The van der Waals surface area contributed by atoms with Gasteiger partial charge in [0.25, 0.3) is 5.56 Å². The maximum absolute atomic E-state index is 12.0. The number of fused-ring (bicyclic) bond motifs is 1. The number of nitrogens with zero attached hydrogens (tertiary/aromatic N) is 2. The first-order valence-electron chi connectivity index (χ1n) is 5.97. The Kier molecular flexibility index (Phi) is 2.76. The van der Waals surface area contributed by atoms with Gasteiger partial charge < -0.3 is 9.67 Å². The number of benzene rings is 1. The third-order valence-corrected chi connectivity index (χ3v) is 3.03. The van der Waals surface area contributed by atoms with Gasteiger partial charge in [0.05, 0.1) is 12.1 Å². The summed E-state index contributed by atoms with van der Waals surface area (Å²) in [6.45, 7) is 0.460. The average Bonchev–Trinajstić information content (AvgIpc) is 2.45. The molecule has 94 valence electrons. The molecule has 1 aromatic carbocycles. The van der Waals surface area contributed by atoms with E-state index in [1.54, 1.807) is 22.9 Å². The van der Waals surface area contributed by atoms with Gasteiger partial charge in [0.2, 0.25) is 0 Å². The van der Waals surface area contributed by atoms with E-state index in [0.29, 0.717) is 17.6 Å². The first kappa shape index (κ1) is 11.5. The van der Waals surface area contributed by atoms with Gasteiger partial charge in [0.1, 0.15) is 11.3 Å². The van der Waals surface area contributed by atoms with E-state index in [-0.39, 0.29) is 11.3 Å². The van der Waals surface area contributed by atoms with Crippen molar-refractivity contribution in [2.24, 2.45) is 0 Å². The van der Waals surface area contributed by atoms with Crippen LogP contribution in [0.15, 0.2) is 59.5 Å². The van der Waals surface area contributed by atoms with E-state index < -0.39 is 0 Å². The van der Waals surface area contributed by atoms with Gasteiger partial charge in [-0.3, -0.25) is 9.78 Å². The smallest absolute Gasteiger partial charge is 0.255 e. The lowest BCUT2D eigenvalue weighted by Gasteiger charge is -2.10. The van der Waals surface area contributed by atoms with Crippen LogP contribution in [-0.2, 0) is 6.54 Å². The lowest BCUT2D eigenvalue weighted by molar-refractivity contribution is 0.477. The molecule has 0 fully saturated rings. The molecule has 0 unspecified atom stereocenters. The summed E-state index contributed by atoms with van der Waals surface area (Å²) < 4.78 is 1.61. The minimum absolute atomic E-state index is 0.0788. The highest BCUT2D eigenvalue weighted by Gasteiger charge is 2.08. The zero-order valence-corrected chi connectivity index (χ0v) is 10.2. The topological polar surface area (TPSA) is 55.1 Å². The molecule has 1 N–H and O–H groups in total. The quantitative estimate of drug-likeness (QED) is 0.760. The number of rotatable bonds is 2. The van der Waals surface area contributed by atoms with Crippen LogP contribution in [0.1, 0.15) is 5.56 Å². The van der Waals surface area contributed by atoms with Crippen molar-refractivity contribution in [2.75, 3.05) is 0 Å². The predicted octanol–water partition coefficient (Wildman–Crippen LogP) is 2.15. The third kappa shape index (κ3) is 2.08. The standard InChI is InChI=1S/C15H12N2O2/c18-13-9-14(19)17(10-11-5-2-1-3-6-11)12-7-4-8-16-15(12)13/h1-9,18H,10H2. The van der Waals surface area contributed by atoms with Crippen molar-refractivity contribution < 1.29 is 5.11 Å². The molecule has 0 atom stereocenters. The van der Waals surface area contributed by atoms with Crippen LogP contribution in [-0.4, -0.2) is 14.7 Å². The van der Waals surface area contributed by atoms with Crippen molar-refractivity contribution >= 4 is 11.0 Å². The molecule has 0 saturated heterocycles. The van der Waals surface area contributed by atoms with E-state index in [4.69, 9.17) is 0 Å². The Balaban J connectivity index is 2.21. The van der Waals surface area contributed by atoms with Crippen LogP contribution < -0.4 is 5.56 Å². The number of aromatic nitrogens is 2. The van der Waals surface area contributed by atoms with Gasteiger partial charge in [-0.05, 0) is 17.7 Å². The van der Waals surface area contributed by atoms with Gasteiger partial charge >= 0.3 is 0 Å². The molecule has 19 heavy (non-hydrogen) atoms. The molecule has 0 amide bonds. The Morgan fingerprint density at radius 2 is 1.89 bits per heavy atom. The van der Waals surface area contributed by atoms with Crippen molar-refractivity contribution in [3.8, 4) is 5.75 Å². The van der Waals surface area contributed by atoms with E-state index in [1.807, 2.05) is 30.3 Å². The maximum Gasteiger partial charge on any atom is 0.255 e. The van der Waals surface area contributed by atoms with Crippen molar-refractivity contribution in [1.29, 1.82) is 0 Å². The Labute approximate surface area is 109 Å². The van der Waals surface area contributed by atoms with Gasteiger partial charge in [-0.25, -0.2) is 0 Å². The summed E-state index contributed by atoms with van der Waals surface area (Å²) >= 11 is 0. The van der Waals surface area contributed by atoms with Crippen LogP contribution in [0.4, 0.5) is 0 Å². The van der Waals surface area contributed by atoms with Gasteiger partial charge in [-0.2, -0.15) is 0 Å². The molecule has 0 spiro atoms. The summed E-state index contributed by atoms with van der Waals surface area (Å²) in [5, 5.41) is 9.77. The molecule has 0 aliphatic carbocycles. The van der Waals surface area contributed by atoms with E-state index >= 15 is 0 Å². The fourth-order valence-electron chi connectivity index (χ4n) is 2.12. The molecule has 0 aliphatic heterocycles. The van der Waals surface area contributed by atoms with Crippen LogP contribution in [0.3, 0.4) is 0 Å². The zero-order valence-electron chi connectivity index (χ0n) is 10.2. The van der Waals surface area contributed by atoms with Crippen LogP contribution in [0.5, 0.6) is 5.75 Å². The minimum atomic E-state index is -0.234. The lowest BCUT2D eigenvalue weighted by atomic mass is 10.2. The molecule has 0 saturated carbocycles. The van der Waals surface area contributed by atoms with Crippen molar-refractivity contribution in [3.63, 3.8) is 0 Å². The second-order valence-corrected chi connectivity index (χ2v) is 4.31. The Morgan fingerprint density at radius 1 is 1.11 bits per heavy atom. The molecule has 3 aromatic rings. The highest BCUT2D eigenvalue weighted by Crippen LogP contribution is 2.19. The summed E-state index contributed by atoms with van der Waals surface area (Å²) in [6, 6.07) is 14.5. The number of aromatic hydroxyl groups is 1. The number of hydrogen-bond donors (Lipinski definition) is 1. The Hall–Kier alpha value is -2.62. The maximum atomic E-state index is 12.0. The summed E-state index contributed by atoms with van der Waals surface area (Å²) in [6.07, 6.45) is 1.60. The molecule has 0 bridgehead atoms. The molecule has 0 aliphatic rings. The van der Waals surface area contributed by atoms with Crippen molar-refractivity contribution in [2.45, 2.75) is 6.54 Å². The molecule has 0 radical (unpaired) electrons. The first-order valence-corrected chi connectivity index (χ1v) is 5.97. The van der Waals surface area contributed by atoms with Crippen molar-refractivity contribution in [3.05, 3.63) is 70.6 Å². The molecule has 2 aromatic heterocycles. The second kappa shape index (κ2) is 4.57. The number of pyridine rings is 2. The largest absolute Gasteiger partial charge is 0.505 e. The van der Waals surface area contributed by atoms with Crippen molar-refractivity contribution in [1.82, 2.24) is 9.55 Å². The second-order valence-electron chi connectivity index (χ2n) is 4.31. The highest BCUT2D eigenvalue weighted by atomic mass is 16.3. The first-order chi connectivity index (χ1) is 9.25. The molecule has 4 nitrogen and oxygen atoms in total. The summed E-state index contributed by atoms with van der Waals surface area (Å²) in [5.74, 6) is -0.0788. The van der Waals surface area contributed by atoms with Gasteiger partial charge in [0.15, 0.2) is 0 Å². The molecular formula is C15H12N2O2. The van der Waals surface area contributed by atoms with E-state index in [1.165, 1.54) is 6.07 Å². The van der Waals surface area contributed by atoms with E-state index in [9.17, 15) is 9.90 Å². The SMILES string of the molecule is O=c1cc(O)c2ncccc2n1Cc1ccccc1. The molecule has 4 heteroatoms. The predicted molar refractivity (Wildman–Crippen MR) is 73.2 cm³/mol. The van der Waals surface area contributed by atoms with E-state index in [0.717, 1.165) is 5.56 Å². The monoisotopic (exact) mass is 252 g/mol. The van der Waals surface area contributed by atoms with Gasteiger partial charge in [0, 0.05) is 12.3 Å². The Morgan fingerprint density at radius 3 is 2.68 bits per heavy atom. The third-order valence-electron chi connectivity index (χ3n) is 3.03. The normalized spacial score (nSPS) is 10.7. The molecular weight excluding hydrogens is 240 g/mol. The summed E-state index contributed by atoms with van der Waals surface area (Å²) in [7, 11) is 0. The zero-order chi connectivity index (χ0) is 13.2. The van der Waals surface area contributed by atoms with Gasteiger partial charge in [-0.15, -0.1) is 0 Å². The van der Waals surface area contributed by atoms with E-state index in [2.05, 4.69) is 4.98 Å². The van der Waals surface area contributed by atoms with Crippen LogP contribution >= 0.6 is 0 Å². The Bertz CT molecular complexity index is 779. The van der Waals surface area contributed by atoms with Crippen LogP contribution in [0, 0.1) is 0 Å². The summed E-state index contributed by atoms with van der Waals surface area (Å²) in [4.78, 5) is 16.1. The number of hydrogen-bond acceptors (Lipinski definition) is 3. The molecule has 2 heterocycles. The fourth-order valence-corrected chi connectivity index (χ4v) is 2.12.